The molecule has 0 aliphatic rings. The van der Waals surface area contributed by atoms with Crippen LogP contribution >= 0.6 is 15.9 Å². The van der Waals surface area contributed by atoms with Gasteiger partial charge in [0.15, 0.2) is 0 Å². The maximum Gasteiger partial charge on any atom is 0.0605 e. The number of hydrogen-bond acceptors (Lipinski definition) is 2. The number of rotatable bonds is 0. The van der Waals surface area contributed by atoms with Gasteiger partial charge in [0, 0.05) is 10.7 Å². The molecule has 0 bridgehead atoms. The lowest BCUT2D eigenvalue weighted by molar-refractivity contribution is 1.17. The van der Waals surface area contributed by atoms with Crippen molar-refractivity contribution in [3.8, 4) is 0 Å². The molecular weight excluding hydrogens is 216 g/mol. The molecule has 2 nitrogen and oxygen atoms in total. The Bertz CT molecular complexity index is 232. The lowest BCUT2D eigenvalue weighted by Crippen LogP contribution is -1.96. The van der Waals surface area contributed by atoms with Crippen molar-refractivity contribution < 1.29 is 0 Å². The summed E-state index contributed by atoms with van der Waals surface area (Å²) in [4.78, 5) is 4.07. The van der Waals surface area contributed by atoms with E-state index in [1.807, 2.05) is 27.7 Å². The van der Waals surface area contributed by atoms with E-state index >= 15 is 0 Å². The first-order valence-corrected chi connectivity index (χ1v) is 4.79. The molecule has 0 atom stereocenters. The highest BCUT2D eigenvalue weighted by atomic mass is 79.9. The minimum absolute atomic E-state index is 0.773. The summed E-state index contributed by atoms with van der Waals surface area (Å²) in [6.45, 7) is 7.86. The minimum atomic E-state index is 0.773. The molecule has 1 aromatic heterocycles. The smallest absolute Gasteiger partial charge is 0.0605 e. The lowest BCUT2D eigenvalue weighted by Gasteiger charge is -2.03. The third kappa shape index (κ3) is 2.48. The maximum atomic E-state index is 5.69. The van der Waals surface area contributed by atoms with E-state index in [1.165, 1.54) is 0 Å². The fourth-order valence-corrected chi connectivity index (χ4v) is 1.04. The van der Waals surface area contributed by atoms with Gasteiger partial charge in [-0.05, 0) is 35.3 Å². The summed E-state index contributed by atoms with van der Waals surface area (Å²) in [7, 11) is 0. The molecule has 0 amide bonds. The molecule has 0 aliphatic heterocycles. The summed E-state index contributed by atoms with van der Waals surface area (Å²) < 4.78 is 0.968. The van der Waals surface area contributed by atoms with E-state index in [9.17, 15) is 0 Å². The second-order valence-corrected chi connectivity index (χ2v) is 3.08. The van der Waals surface area contributed by atoms with Gasteiger partial charge in [-0.25, -0.2) is 0 Å². The van der Waals surface area contributed by atoms with E-state index in [4.69, 9.17) is 5.73 Å². The van der Waals surface area contributed by atoms with Crippen LogP contribution in [0.4, 0.5) is 5.69 Å². The van der Waals surface area contributed by atoms with Crippen molar-refractivity contribution in [2.24, 2.45) is 0 Å². The largest absolute Gasteiger partial charge is 0.397 e. The molecule has 0 aliphatic carbocycles. The zero-order chi connectivity index (χ0) is 9.72. The second-order valence-electron chi connectivity index (χ2n) is 2.23. The number of aryl methyl sites for hydroxylation is 1. The molecule has 1 rings (SSSR count). The highest BCUT2D eigenvalue weighted by molar-refractivity contribution is 9.10. The van der Waals surface area contributed by atoms with Gasteiger partial charge in [-0.15, -0.1) is 0 Å². The molecule has 0 unspecified atom stereocenters. The Morgan fingerprint density at radius 1 is 1.33 bits per heavy atom. The molecule has 1 aromatic rings. The summed E-state index contributed by atoms with van der Waals surface area (Å²) in [6.07, 6.45) is 1.76. The molecule has 0 aromatic carbocycles. The molecule has 3 heteroatoms. The van der Waals surface area contributed by atoms with E-state index in [0.717, 1.165) is 21.4 Å². The van der Waals surface area contributed by atoms with E-state index in [0.29, 0.717) is 0 Å². The van der Waals surface area contributed by atoms with Crippen LogP contribution in [0.1, 0.15) is 25.1 Å². The summed E-state index contributed by atoms with van der Waals surface area (Å²) in [5, 5.41) is 0. The third-order valence-electron chi connectivity index (χ3n) is 1.52. The summed E-state index contributed by atoms with van der Waals surface area (Å²) >= 11 is 3.34. The topological polar surface area (TPSA) is 38.9 Å². The van der Waals surface area contributed by atoms with Crippen LogP contribution in [0.2, 0.25) is 0 Å². The first-order valence-electron chi connectivity index (χ1n) is 4.00. The molecule has 68 valence electrons. The van der Waals surface area contributed by atoms with Gasteiger partial charge >= 0.3 is 0 Å². The maximum absolute atomic E-state index is 5.69. The van der Waals surface area contributed by atoms with Crippen LogP contribution in [0, 0.1) is 13.8 Å². The number of anilines is 1. The number of nitrogens with zero attached hydrogens (tertiary/aromatic N) is 1. The van der Waals surface area contributed by atoms with Crippen LogP contribution in [-0.4, -0.2) is 4.98 Å². The summed E-state index contributed by atoms with van der Waals surface area (Å²) in [5.41, 5.74) is 8.41. The van der Waals surface area contributed by atoms with Crippen molar-refractivity contribution in [1.29, 1.82) is 0 Å². The highest BCUT2D eigenvalue weighted by Crippen LogP contribution is 2.21. The van der Waals surface area contributed by atoms with Crippen molar-refractivity contribution in [3.05, 3.63) is 21.9 Å². The van der Waals surface area contributed by atoms with Crippen molar-refractivity contribution in [1.82, 2.24) is 4.98 Å². The standard InChI is InChI=1S/C7H9BrN2.C2H6/c1-4-6(8)3-10-5(2)7(4)9;1-2/h3H,9H2,1-2H3;1-2H3. The van der Waals surface area contributed by atoms with Crippen molar-refractivity contribution in [3.63, 3.8) is 0 Å². The fraction of sp³-hybridized carbons (Fsp3) is 0.444. The van der Waals surface area contributed by atoms with Crippen LogP contribution in [0.15, 0.2) is 10.7 Å². The Labute approximate surface area is 82.3 Å². The molecule has 1 heterocycles. The van der Waals surface area contributed by atoms with Crippen LogP contribution < -0.4 is 5.73 Å². The van der Waals surface area contributed by atoms with Gasteiger partial charge in [0.2, 0.25) is 0 Å². The van der Waals surface area contributed by atoms with Gasteiger partial charge in [0.1, 0.15) is 0 Å². The normalized spacial score (nSPS) is 8.75. The average Bonchev–Trinajstić information content (AvgIpc) is 2.12. The SMILES string of the molecule is CC.Cc1ncc(Br)c(C)c1N. The van der Waals surface area contributed by atoms with Gasteiger partial charge in [-0.2, -0.15) is 0 Å². The third-order valence-corrected chi connectivity index (χ3v) is 2.32. The van der Waals surface area contributed by atoms with Crippen LogP contribution in [0.5, 0.6) is 0 Å². The van der Waals surface area contributed by atoms with Gasteiger partial charge in [-0.3, -0.25) is 4.98 Å². The van der Waals surface area contributed by atoms with E-state index < -0.39 is 0 Å². The van der Waals surface area contributed by atoms with Crippen molar-refractivity contribution in [2.45, 2.75) is 27.7 Å². The van der Waals surface area contributed by atoms with Crippen LogP contribution in [0.25, 0.3) is 0 Å². The van der Waals surface area contributed by atoms with E-state index in [-0.39, 0.29) is 0 Å². The Balaban J connectivity index is 0.000000561. The summed E-state index contributed by atoms with van der Waals surface area (Å²) in [6, 6.07) is 0. The Morgan fingerprint density at radius 2 is 1.83 bits per heavy atom. The predicted molar refractivity (Wildman–Crippen MR) is 57.2 cm³/mol. The quantitative estimate of drug-likeness (QED) is 0.745. The number of hydrogen-bond donors (Lipinski definition) is 1. The number of halogens is 1. The Hall–Kier alpha value is -0.570. The predicted octanol–water partition coefficient (Wildman–Crippen LogP) is 3.07. The Morgan fingerprint density at radius 3 is 2.25 bits per heavy atom. The van der Waals surface area contributed by atoms with Gasteiger partial charge < -0.3 is 5.73 Å². The first-order chi connectivity index (χ1) is 5.63. The zero-order valence-electron chi connectivity index (χ0n) is 7.98. The lowest BCUT2D eigenvalue weighted by atomic mass is 10.2. The molecule has 0 radical (unpaired) electrons. The summed E-state index contributed by atoms with van der Waals surface area (Å²) in [5.74, 6) is 0. The molecule has 0 fully saturated rings. The van der Waals surface area contributed by atoms with Crippen molar-refractivity contribution in [2.75, 3.05) is 5.73 Å². The highest BCUT2D eigenvalue weighted by Gasteiger charge is 2.01. The molecule has 0 saturated carbocycles. The van der Waals surface area contributed by atoms with Crippen LogP contribution in [0.3, 0.4) is 0 Å². The molecular formula is C9H15BrN2. The number of nitrogen functional groups attached to an aromatic ring is 1. The molecule has 0 saturated heterocycles. The van der Waals surface area contributed by atoms with Gasteiger partial charge in [-0.1, -0.05) is 13.8 Å². The van der Waals surface area contributed by atoms with Gasteiger partial charge in [0.25, 0.3) is 0 Å². The second kappa shape index (κ2) is 5.14. The van der Waals surface area contributed by atoms with Gasteiger partial charge in [0.05, 0.1) is 11.4 Å². The fourth-order valence-electron chi connectivity index (χ4n) is 0.720. The number of pyridine rings is 1. The first kappa shape index (κ1) is 11.4. The Kier molecular flexibility index (Phi) is 4.90. The monoisotopic (exact) mass is 230 g/mol. The zero-order valence-corrected chi connectivity index (χ0v) is 9.57. The van der Waals surface area contributed by atoms with Crippen LogP contribution in [-0.2, 0) is 0 Å². The van der Waals surface area contributed by atoms with E-state index in [2.05, 4.69) is 20.9 Å². The molecule has 2 N–H and O–H groups in total. The van der Waals surface area contributed by atoms with E-state index in [1.54, 1.807) is 6.20 Å². The number of nitrogens with two attached hydrogens (primary N) is 1. The van der Waals surface area contributed by atoms with Crippen molar-refractivity contribution >= 4 is 21.6 Å². The minimum Gasteiger partial charge on any atom is -0.397 e. The molecule has 0 spiro atoms. The molecule has 12 heavy (non-hydrogen) atoms. The average molecular weight is 231 g/mol. The number of aromatic nitrogens is 1.